The molecule has 160 valence electrons. The van der Waals surface area contributed by atoms with Gasteiger partial charge in [-0.3, -0.25) is 4.79 Å². The maximum Gasteiger partial charge on any atom is 0.319 e. The van der Waals surface area contributed by atoms with Crippen molar-refractivity contribution in [2.24, 2.45) is 39.7 Å². The smallest absolute Gasteiger partial charge is 0.319 e. The average molecular weight is 396 g/mol. The maximum atomic E-state index is 11.5. The van der Waals surface area contributed by atoms with Crippen molar-refractivity contribution in [3.05, 3.63) is 0 Å². The zero-order valence-electron chi connectivity index (χ0n) is 17.3. The molecule has 6 nitrogen and oxygen atoms in total. The van der Waals surface area contributed by atoms with E-state index in [-0.39, 0.29) is 36.5 Å². The fourth-order valence-electron chi connectivity index (χ4n) is 8.18. The number of hydrogen-bond donors (Lipinski definition) is 4. The summed E-state index contributed by atoms with van der Waals surface area (Å²) in [6.07, 6.45) is 6.91. The maximum absolute atomic E-state index is 11.5. The van der Waals surface area contributed by atoms with Crippen LogP contribution in [-0.4, -0.2) is 52.8 Å². The molecule has 5 N–H and O–H groups in total. The van der Waals surface area contributed by atoms with Crippen molar-refractivity contribution in [1.82, 2.24) is 0 Å². The largest absolute Gasteiger partial charge is 0.462 e. The van der Waals surface area contributed by atoms with Crippen molar-refractivity contribution < 1.29 is 24.9 Å². The summed E-state index contributed by atoms with van der Waals surface area (Å²) >= 11 is 0. The number of carbonyl (C=O) groups is 1. The molecule has 8 atom stereocenters. The van der Waals surface area contributed by atoms with Gasteiger partial charge < -0.3 is 25.8 Å². The predicted molar refractivity (Wildman–Crippen MR) is 104 cm³/mol. The van der Waals surface area contributed by atoms with E-state index in [1.165, 1.54) is 0 Å². The van der Waals surface area contributed by atoms with Gasteiger partial charge in [0.15, 0.2) is 0 Å². The number of aliphatic hydroxyl groups excluding tert-OH is 2. The zero-order valence-corrected chi connectivity index (χ0v) is 17.3. The topological polar surface area (TPSA) is 113 Å². The van der Waals surface area contributed by atoms with Crippen molar-refractivity contribution >= 4 is 5.97 Å². The first-order valence-electron chi connectivity index (χ1n) is 11.0. The lowest BCUT2D eigenvalue weighted by Crippen LogP contribution is -2.63. The Morgan fingerprint density at radius 3 is 2.57 bits per heavy atom. The lowest BCUT2D eigenvalue weighted by molar-refractivity contribution is -0.217. The van der Waals surface area contributed by atoms with Gasteiger partial charge in [0.05, 0.1) is 19.3 Å². The van der Waals surface area contributed by atoms with Crippen LogP contribution >= 0.6 is 0 Å². The van der Waals surface area contributed by atoms with Crippen LogP contribution in [0.2, 0.25) is 0 Å². The molecule has 0 saturated heterocycles. The molecule has 28 heavy (non-hydrogen) atoms. The van der Waals surface area contributed by atoms with Crippen molar-refractivity contribution in [1.29, 1.82) is 0 Å². The summed E-state index contributed by atoms with van der Waals surface area (Å²) in [5.74, 6) is 0.539. The third-order valence-electron chi connectivity index (χ3n) is 9.92. The molecule has 0 aromatic heterocycles. The summed E-state index contributed by atoms with van der Waals surface area (Å²) < 4.78 is 5.25. The first-order chi connectivity index (χ1) is 13.1. The first-order valence-corrected chi connectivity index (χ1v) is 11.0. The molecular weight excluding hydrogens is 358 g/mol. The van der Waals surface area contributed by atoms with Gasteiger partial charge in [-0.2, -0.15) is 0 Å². The minimum atomic E-state index is -0.951. The molecule has 0 aromatic rings. The minimum Gasteiger partial charge on any atom is -0.462 e. The molecule has 6 heteroatoms. The van der Waals surface area contributed by atoms with E-state index in [0.29, 0.717) is 18.3 Å². The lowest BCUT2D eigenvalue weighted by atomic mass is 9.39. The highest BCUT2D eigenvalue weighted by atomic mass is 16.5. The second-order valence-electron chi connectivity index (χ2n) is 10.7. The Morgan fingerprint density at radius 2 is 1.89 bits per heavy atom. The van der Waals surface area contributed by atoms with Gasteiger partial charge in [-0.1, -0.05) is 13.8 Å². The van der Waals surface area contributed by atoms with Crippen LogP contribution in [-0.2, 0) is 9.53 Å². The van der Waals surface area contributed by atoms with Gasteiger partial charge in [0.1, 0.15) is 12.2 Å². The Labute approximate surface area is 167 Å². The van der Waals surface area contributed by atoms with Gasteiger partial charge in [-0.15, -0.1) is 0 Å². The monoisotopic (exact) mass is 395 g/mol. The van der Waals surface area contributed by atoms with Gasteiger partial charge in [0.25, 0.3) is 0 Å². The van der Waals surface area contributed by atoms with E-state index in [4.69, 9.17) is 10.5 Å². The zero-order chi connectivity index (χ0) is 20.4. The molecule has 0 aliphatic heterocycles. The standard InChI is InChI=1S/C22H37NO5/c1-19(12-24)16-4-3-14-9-15-10-21(14,20(16,2)6-5-17(19)25)7-8-22(15,27)13-28-18(26)11-23/h14-17,24-25,27H,3-13,23H2,1-2H3/t14-,15-,16+,17-,19-,20+,21-,22+/m1/s1. The average Bonchev–Trinajstić information content (AvgIpc) is 3.04. The molecule has 0 unspecified atom stereocenters. The van der Waals surface area contributed by atoms with E-state index in [1.807, 2.05) is 0 Å². The fraction of sp³-hybridized carbons (Fsp3) is 0.955. The normalized spacial score (nSPS) is 52.6. The second-order valence-corrected chi connectivity index (χ2v) is 10.7. The quantitative estimate of drug-likeness (QED) is 0.538. The summed E-state index contributed by atoms with van der Waals surface area (Å²) in [6, 6.07) is 0. The number of aliphatic hydroxyl groups is 3. The Morgan fingerprint density at radius 1 is 1.14 bits per heavy atom. The number of hydrogen-bond acceptors (Lipinski definition) is 6. The summed E-state index contributed by atoms with van der Waals surface area (Å²) in [4.78, 5) is 11.5. The van der Waals surface area contributed by atoms with Crippen LogP contribution in [0, 0.1) is 34.0 Å². The Bertz CT molecular complexity index is 642. The van der Waals surface area contributed by atoms with Crippen LogP contribution < -0.4 is 5.73 Å². The van der Waals surface area contributed by atoms with Gasteiger partial charge in [0, 0.05) is 5.41 Å². The fourth-order valence-corrected chi connectivity index (χ4v) is 8.18. The van der Waals surface area contributed by atoms with E-state index < -0.39 is 23.1 Å². The number of carbonyl (C=O) groups excluding carboxylic acids is 1. The van der Waals surface area contributed by atoms with E-state index in [9.17, 15) is 20.1 Å². The SMILES string of the molecule is C[C@]1(CO)[C@H](O)CC[C@@]2(C)[C@H]1CC[C@@H]1C[C@@H]3C[C@]12CC[C@]3(O)COC(=O)CN. The van der Waals surface area contributed by atoms with Crippen molar-refractivity contribution in [3.63, 3.8) is 0 Å². The highest BCUT2D eigenvalue weighted by Crippen LogP contribution is 2.75. The van der Waals surface area contributed by atoms with Crippen LogP contribution in [0.1, 0.15) is 65.2 Å². The number of nitrogens with two attached hydrogens (primary N) is 1. The summed E-state index contributed by atoms with van der Waals surface area (Å²) in [5, 5.41) is 32.2. The molecule has 0 radical (unpaired) electrons. The molecule has 2 bridgehead atoms. The van der Waals surface area contributed by atoms with E-state index >= 15 is 0 Å². The summed E-state index contributed by atoms with van der Waals surface area (Å²) in [6.45, 7) is 4.37. The second kappa shape index (κ2) is 6.66. The van der Waals surface area contributed by atoms with Gasteiger partial charge in [-0.05, 0) is 80.0 Å². The molecule has 4 saturated carbocycles. The van der Waals surface area contributed by atoms with Crippen LogP contribution in [0.25, 0.3) is 0 Å². The Hall–Kier alpha value is -0.690. The van der Waals surface area contributed by atoms with Crippen LogP contribution in [0.3, 0.4) is 0 Å². The Kier molecular flexibility index (Phi) is 4.89. The number of fused-ring (bicyclic) bond motifs is 2. The molecular formula is C22H37NO5. The predicted octanol–water partition coefficient (Wildman–Crippen LogP) is 1.60. The molecule has 4 fully saturated rings. The number of esters is 1. The van der Waals surface area contributed by atoms with Crippen LogP contribution in [0.15, 0.2) is 0 Å². The molecule has 4 aliphatic carbocycles. The highest BCUT2D eigenvalue weighted by molar-refractivity contribution is 5.71. The third-order valence-corrected chi connectivity index (χ3v) is 9.92. The highest BCUT2D eigenvalue weighted by Gasteiger charge is 2.70. The third kappa shape index (κ3) is 2.57. The van der Waals surface area contributed by atoms with E-state index in [2.05, 4.69) is 13.8 Å². The summed E-state index contributed by atoms with van der Waals surface area (Å²) in [5.41, 5.74) is 4.16. The first kappa shape index (κ1) is 20.6. The minimum absolute atomic E-state index is 0.0254. The molecule has 1 spiro atoms. The molecule has 0 aromatic carbocycles. The van der Waals surface area contributed by atoms with Crippen LogP contribution in [0.5, 0.6) is 0 Å². The summed E-state index contributed by atoms with van der Waals surface area (Å²) in [7, 11) is 0. The van der Waals surface area contributed by atoms with Gasteiger partial charge in [-0.25, -0.2) is 0 Å². The van der Waals surface area contributed by atoms with Crippen LogP contribution in [0.4, 0.5) is 0 Å². The van der Waals surface area contributed by atoms with E-state index in [0.717, 1.165) is 44.9 Å². The molecule has 4 rings (SSSR count). The Balaban J connectivity index is 1.62. The van der Waals surface area contributed by atoms with Gasteiger partial charge >= 0.3 is 5.97 Å². The molecule has 4 aliphatic rings. The lowest BCUT2D eigenvalue weighted by Gasteiger charge is -2.66. The van der Waals surface area contributed by atoms with Crippen molar-refractivity contribution in [2.75, 3.05) is 19.8 Å². The molecule has 0 heterocycles. The van der Waals surface area contributed by atoms with Crippen molar-refractivity contribution in [3.8, 4) is 0 Å². The number of rotatable bonds is 4. The number of ether oxygens (including phenoxy) is 1. The van der Waals surface area contributed by atoms with Gasteiger partial charge in [0.2, 0.25) is 0 Å². The van der Waals surface area contributed by atoms with Crippen molar-refractivity contribution in [2.45, 2.75) is 76.9 Å². The van der Waals surface area contributed by atoms with E-state index in [1.54, 1.807) is 0 Å². The molecule has 0 amide bonds.